The van der Waals surface area contributed by atoms with Crippen LogP contribution in [0.5, 0.6) is 0 Å². The topological polar surface area (TPSA) is 58.4 Å². The molecule has 20 heavy (non-hydrogen) atoms. The van der Waals surface area contributed by atoms with Crippen molar-refractivity contribution in [3.63, 3.8) is 0 Å². The number of hydrogen-bond acceptors (Lipinski definition) is 4. The minimum Gasteiger partial charge on any atom is -0.444 e. The van der Waals surface area contributed by atoms with Crippen molar-refractivity contribution in [3.05, 3.63) is 42.1 Å². The van der Waals surface area contributed by atoms with Gasteiger partial charge in [-0.2, -0.15) is 0 Å². The molecule has 0 unspecified atom stereocenters. The third-order valence-electron chi connectivity index (χ3n) is 3.51. The number of carbonyl (C=O) groups is 1. The average molecular weight is 269 g/mol. The van der Waals surface area contributed by atoms with Crippen LogP contribution in [0.3, 0.4) is 0 Å². The van der Waals surface area contributed by atoms with E-state index >= 15 is 0 Å². The lowest BCUT2D eigenvalue weighted by molar-refractivity contribution is -0.110. The lowest BCUT2D eigenvalue weighted by Crippen LogP contribution is -2.14. The van der Waals surface area contributed by atoms with E-state index in [-0.39, 0.29) is 5.91 Å². The van der Waals surface area contributed by atoms with E-state index in [1.807, 2.05) is 44.1 Å². The van der Waals surface area contributed by atoms with Gasteiger partial charge in [0, 0.05) is 36.6 Å². The smallest absolute Gasteiger partial charge is 0.258 e. The number of amides is 1. The molecule has 0 fully saturated rings. The van der Waals surface area contributed by atoms with Crippen LogP contribution in [0.2, 0.25) is 0 Å². The van der Waals surface area contributed by atoms with Crippen LogP contribution in [0.15, 0.2) is 40.9 Å². The van der Waals surface area contributed by atoms with Gasteiger partial charge in [0.25, 0.3) is 5.91 Å². The molecule has 1 aliphatic rings. The van der Waals surface area contributed by atoms with Crippen LogP contribution < -0.4 is 5.32 Å². The molecule has 1 N–H and O–H groups in total. The van der Waals surface area contributed by atoms with E-state index in [4.69, 9.17) is 4.42 Å². The molecule has 5 nitrogen and oxygen atoms in total. The van der Waals surface area contributed by atoms with E-state index in [2.05, 4.69) is 10.3 Å². The van der Waals surface area contributed by atoms with Crippen molar-refractivity contribution in [1.29, 1.82) is 0 Å². The SMILES string of the molecule is C/C(=C1\C(=O)Nc2ccc(-c3cnco3)cc21)N(C)C. The Morgan fingerprint density at radius 2 is 2.15 bits per heavy atom. The second kappa shape index (κ2) is 4.52. The number of carbonyl (C=O) groups excluding carboxylic acids is 1. The van der Waals surface area contributed by atoms with Gasteiger partial charge in [-0.1, -0.05) is 0 Å². The normalized spacial score (nSPS) is 15.8. The second-order valence-electron chi connectivity index (χ2n) is 4.94. The fraction of sp³-hybridized carbons (Fsp3) is 0.200. The lowest BCUT2D eigenvalue weighted by Gasteiger charge is -2.15. The highest BCUT2D eigenvalue weighted by Crippen LogP contribution is 2.37. The maximum absolute atomic E-state index is 12.1. The maximum atomic E-state index is 12.1. The molecule has 0 saturated carbocycles. The van der Waals surface area contributed by atoms with Crippen molar-refractivity contribution in [2.45, 2.75) is 6.92 Å². The minimum atomic E-state index is -0.0686. The summed E-state index contributed by atoms with van der Waals surface area (Å²) in [6, 6.07) is 5.75. The zero-order chi connectivity index (χ0) is 14.3. The Morgan fingerprint density at radius 1 is 1.35 bits per heavy atom. The van der Waals surface area contributed by atoms with Gasteiger partial charge in [-0.15, -0.1) is 0 Å². The molecular formula is C15H15N3O2. The van der Waals surface area contributed by atoms with Crippen LogP contribution in [0.1, 0.15) is 12.5 Å². The lowest BCUT2D eigenvalue weighted by atomic mass is 10.0. The first-order valence-corrected chi connectivity index (χ1v) is 6.31. The molecule has 0 bridgehead atoms. The Labute approximate surface area is 116 Å². The van der Waals surface area contributed by atoms with Gasteiger partial charge in [0.1, 0.15) is 0 Å². The number of anilines is 1. The number of aromatic nitrogens is 1. The number of nitrogens with one attached hydrogen (secondary N) is 1. The molecule has 0 atom stereocenters. The van der Waals surface area contributed by atoms with Gasteiger partial charge < -0.3 is 14.6 Å². The molecule has 1 aliphatic heterocycles. The van der Waals surface area contributed by atoms with E-state index in [9.17, 15) is 4.79 Å². The highest BCUT2D eigenvalue weighted by molar-refractivity contribution is 6.32. The fourth-order valence-electron chi connectivity index (χ4n) is 2.26. The van der Waals surface area contributed by atoms with E-state index in [0.717, 1.165) is 22.5 Å². The first-order chi connectivity index (χ1) is 9.58. The largest absolute Gasteiger partial charge is 0.444 e. The summed E-state index contributed by atoms with van der Waals surface area (Å²) < 4.78 is 5.31. The van der Waals surface area contributed by atoms with Crippen molar-refractivity contribution in [2.24, 2.45) is 0 Å². The first-order valence-electron chi connectivity index (χ1n) is 6.31. The van der Waals surface area contributed by atoms with Crippen LogP contribution >= 0.6 is 0 Å². The summed E-state index contributed by atoms with van der Waals surface area (Å²) in [4.78, 5) is 18.0. The molecule has 0 saturated heterocycles. The molecule has 0 aliphatic carbocycles. The van der Waals surface area contributed by atoms with Crippen LogP contribution in [-0.4, -0.2) is 29.9 Å². The monoisotopic (exact) mass is 269 g/mol. The van der Waals surface area contributed by atoms with Gasteiger partial charge >= 0.3 is 0 Å². The van der Waals surface area contributed by atoms with Gasteiger partial charge in [-0.25, -0.2) is 4.98 Å². The Morgan fingerprint density at radius 3 is 2.80 bits per heavy atom. The number of nitrogens with zero attached hydrogens (tertiary/aromatic N) is 2. The van der Waals surface area contributed by atoms with Crippen molar-refractivity contribution < 1.29 is 9.21 Å². The van der Waals surface area contributed by atoms with Crippen LogP contribution in [-0.2, 0) is 4.79 Å². The Bertz CT molecular complexity index is 700. The van der Waals surface area contributed by atoms with E-state index < -0.39 is 0 Å². The van der Waals surface area contributed by atoms with Gasteiger partial charge in [0.2, 0.25) is 0 Å². The van der Waals surface area contributed by atoms with E-state index in [1.54, 1.807) is 6.20 Å². The van der Waals surface area contributed by atoms with Crippen LogP contribution in [0, 0.1) is 0 Å². The highest BCUT2D eigenvalue weighted by atomic mass is 16.3. The van der Waals surface area contributed by atoms with E-state index in [1.165, 1.54) is 6.39 Å². The molecule has 1 aromatic heterocycles. The van der Waals surface area contributed by atoms with Gasteiger partial charge in [-0.05, 0) is 25.1 Å². The number of oxazole rings is 1. The molecule has 1 aromatic carbocycles. The van der Waals surface area contributed by atoms with Crippen molar-refractivity contribution in [3.8, 4) is 11.3 Å². The molecule has 1 amide bonds. The Balaban J connectivity index is 2.16. The summed E-state index contributed by atoms with van der Waals surface area (Å²) >= 11 is 0. The summed E-state index contributed by atoms with van der Waals surface area (Å²) in [5.74, 6) is 0.620. The quantitative estimate of drug-likeness (QED) is 0.851. The number of benzene rings is 1. The van der Waals surface area contributed by atoms with Crippen LogP contribution in [0.4, 0.5) is 5.69 Å². The van der Waals surface area contributed by atoms with Crippen molar-refractivity contribution >= 4 is 17.2 Å². The molecule has 3 rings (SSSR count). The van der Waals surface area contributed by atoms with Gasteiger partial charge in [-0.3, -0.25) is 4.79 Å². The zero-order valence-electron chi connectivity index (χ0n) is 11.6. The van der Waals surface area contributed by atoms with Gasteiger partial charge in [0.15, 0.2) is 12.2 Å². The zero-order valence-corrected chi connectivity index (χ0v) is 11.6. The summed E-state index contributed by atoms with van der Waals surface area (Å²) in [5.41, 5.74) is 4.26. The summed E-state index contributed by atoms with van der Waals surface area (Å²) in [6.07, 6.45) is 3.06. The van der Waals surface area contributed by atoms with Crippen molar-refractivity contribution in [2.75, 3.05) is 19.4 Å². The number of allylic oxidation sites excluding steroid dienone is 1. The Hall–Kier alpha value is -2.56. The molecule has 5 heteroatoms. The Kier molecular flexibility index (Phi) is 2.82. The predicted octanol–water partition coefficient (Wildman–Crippen LogP) is 2.59. The fourth-order valence-corrected chi connectivity index (χ4v) is 2.26. The summed E-state index contributed by atoms with van der Waals surface area (Å²) in [7, 11) is 3.85. The maximum Gasteiger partial charge on any atom is 0.258 e. The molecule has 0 radical (unpaired) electrons. The highest BCUT2D eigenvalue weighted by Gasteiger charge is 2.27. The third-order valence-corrected chi connectivity index (χ3v) is 3.51. The molecule has 2 heterocycles. The molecule has 2 aromatic rings. The minimum absolute atomic E-state index is 0.0686. The molecule has 102 valence electrons. The van der Waals surface area contributed by atoms with E-state index in [0.29, 0.717) is 11.3 Å². The molecule has 0 spiro atoms. The first kappa shape index (κ1) is 12.5. The standard InChI is InChI=1S/C15H15N3O2/c1-9(18(2)3)14-11-6-10(13-7-16-8-20-13)4-5-12(11)17-15(14)19/h4-8H,1-3H3,(H,17,19)/b14-9+. The summed E-state index contributed by atoms with van der Waals surface area (Å²) in [5, 5.41) is 2.89. The number of hydrogen-bond donors (Lipinski definition) is 1. The third kappa shape index (κ3) is 1.87. The van der Waals surface area contributed by atoms with Crippen molar-refractivity contribution in [1.82, 2.24) is 9.88 Å². The number of fused-ring (bicyclic) bond motifs is 1. The van der Waals surface area contributed by atoms with Crippen LogP contribution in [0.25, 0.3) is 16.9 Å². The molecular weight excluding hydrogens is 254 g/mol. The number of rotatable bonds is 2. The average Bonchev–Trinajstić information content (AvgIpc) is 3.03. The predicted molar refractivity (Wildman–Crippen MR) is 76.8 cm³/mol. The second-order valence-corrected chi connectivity index (χ2v) is 4.94. The van der Waals surface area contributed by atoms with Gasteiger partial charge in [0.05, 0.1) is 11.8 Å². The summed E-state index contributed by atoms with van der Waals surface area (Å²) in [6.45, 7) is 1.94.